The zero-order chi connectivity index (χ0) is 14.0. The van der Waals surface area contributed by atoms with Gasteiger partial charge in [-0.3, -0.25) is 10.7 Å². The van der Waals surface area contributed by atoms with Crippen LogP contribution in [0.2, 0.25) is 0 Å². The van der Waals surface area contributed by atoms with Gasteiger partial charge in [0.05, 0.1) is 11.3 Å². The number of rotatable bonds is 2. The monoisotopic (exact) mass is 274 g/mol. The minimum atomic E-state index is -4.40. The number of likely N-dealkylation sites (tertiary alicyclic amines) is 1. The molecule has 0 spiro atoms. The van der Waals surface area contributed by atoms with Gasteiger partial charge in [-0.25, -0.2) is 0 Å². The lowest BCUT2D eigenvalue weighted by atomic mass is 9.88. The molecule has 3 nitrogen and oxygen atoms in total. The minimum absolute atomic E-state index is 0.0868. The van der Waals surface area contributed by atoms with E-state index in [1.165, 1.54) is 6.07 Å². The van der Waals surface area contributed by atoms with Gasteiger partial charge in [-0.2, -0.15) is 13.2 Å². The molecular formula is C13H17F3N2O. The maximum Gasteiger partial charge on any atom is 0.416 e. The van der Waals surface area contributed by atoms with Crippen LogP contribution >= 0.6 is 0 Å². The maximum absolute atomic E-state index is 12.8. The standard InChI is InChI=1S/C13H17F3N2O/c1-18-4-2-9(3-5-18)10-6-11(13(14,15)16)8-12(7-10)17-19/h6-9,17,19H,2-5H2,1H3. The third-order valence-corrected chi connectivity index (χ3v) is 3.60. The van der Waals surface area contributed by atoms with Crippen LogP contribution in [-0.2, 0) is 6.18 Å². The van der Waals surface area contributed by atoms with Crippen molar-refractivity contribution in [1.29, 1.82) is 0 Å². The number of hydrogen-bond acceptors (Lipinski definition) is 3. The van der Waals surface area contributed by atoms with E-state index in [1.54, 1.807) is 6.07 Å². The third kappa shape index (κ3) is 3.39. The molecule has 0 radical (unpaired) electrons. The molecule has 0 unspecified atom stereocenters. The second-order valence-corrected chi connectivity index (χ2v) is 5.03. The van der Waals surface area contributed by atoms with Crippen molar-refractivity contribution in [2.75, 3.05) is 25.6 Å². The Hall–Kier alpha value is -1.27. The lowest BCUT2D eigenvalue weighted by Crippen LogP contribution is -2.29. The molecule has 0 saturated carbocycles. The molecule has 0 atom stereocenters. The number of alkyl halides is 3. The summed E-state index contributed by atoms with van der Waals surface area (Å²) in [5.41, 5.74) is 1.82. The Labute approximate surface area is 110 Å². The molecule has 1 fully saturated rings. The summed E-state index contributed by atoms with van der Waals surface area (Å²) in [6.45, 7) is 1.76. The summed E-state index contributed by atoms with van der Waals surface area (Å²) in [4.78, 5) is 2.16. The van der Waals surface area contributed by atoms with Crippen LogP contribution in [0.1, 0.15) is 29.9 Å². The van der Waals surface area contributed by atoms with Gasteiger partial charge in [0.2, 0.25) is 0 Å². The summed E-state index contributed by atoms with van der Waals surface area (Å²) in [5.74, 6) is 0.116. The Morgan fingerprint density at radius 2 is 1.84 bits per heavy atom. The van der Waals surface area contributed by atoms with E-state index in [4.69, 9.17) is 5.21 Å². The van der Waals surface area contributed by atoms with Crippen LogP contribution in [0.3, 0.4) is 0 Å². The third-order valence-electron chi connectivity index (χ3n) is 3.60. The van der Waals surface area contributed by atoms with E-state index >= 15 is 0 Å². The predicted molar refractivity (Wildman–Crippen MR) is 66.3 cm³/mol. The SMILES string of the molecule is CN1CCC(c2cc(NO)cc(C(F)(F)F)c2)CC1. The normalized spacial score (nSPS) is 18.6. The first-order chi connectivity index (χ1) is 8.90. The van der Waals surface area contributed by atoms with Crippen molar-refractivity contribution in [2.45, 2.75) is 24.9 Å². The van der Waals surface area contributed by atoms with Gasteiger partial charge in [-0.1, -0.05) is 0 Å². The van der Waals surface area contributed by atoms with Gasteiger partial charge in [0, 0.05) is 0 Å². The number of piperidine rings is 1. The molecule has 0 aliphatic carbocycles. The highest BCUT2D eigenvalue weighted by molar-refractivity contribution is 5.49. The Bertz CT molecular complexity index is 440. The second kappa shape index (κ2) is 5.38. The van der Waals surface area contributed by atoms with Crippen LogP contribution in [0.25, 0.3) is 0 Å². The first-order valence-corrected chi connectivity index (χ1v) is 6.21. The van der Waals surface area contributed by atoms with Gasteiger partial charge >= 0.3 is 6.18 Å². The van der Waals surface area contributed by atoms with E-state index in [-0.39, 0.29) is 11.6 Å². The van der Waals surface area contributed by atoms with Crippen LogP contribution in [0.4, 0.5) is 18.9 Å². The molecule has 106 valence electrons. The van der Waals surface area contributed by atoms with Crippen molar-refractivity contribution >= 4 is 5.69 Å². The van der Waals surface area contributed by atoms with Crippen LogP contribution in [0, 0.1) is 0 Å². The summed E-state index contributed by atoms with van der Waals surface area (Å²) in [6, 6.07) is 3.69. The summed E-state index contributed by atoms with van der Waals surface area (Å²) in [6.07, 6.45) is -2.72. The fourth-order valence-corrected chi connectivity index (χ4v) is 2.46. The molecule has 1 aromatic carbocycles. The highest BCUT2D eigenvalue weighted by atomic mass is 19.4. The molecule has 2 N–H and O–H groups in total. The average molecular weight is 274 g/mol. The fourth-order valence-electron chi connectivity index (χ4n) is 2.46. The largest absolute Gasteiger partial charge is 0.416 e. The van der Waals surface area contributed by atoms with Crippen molar-refractivity contribution in [2.24, 2.45) is 0 Å². The van der Waals surface area contributed by atoms with Crippen molar-refractivity contribution in [3.8, 4) is 0 Å². The summed E-state index contributed by atoms with van der Waals surface area (Å²) in [7, 11) is 2.00. The lowest BCUT2D eigenvalue weighted by Gasteiger charge is -2.29. The van der Waals surface area contributed by atoms with Crippen LogP contribution in [0.5, 0.6) is 0 Å². The van der Waals surface area contributed by atoms with E-state index in [0.717, 1.165) is 32.0 Å². The van der Waals surface area contributed by atoms with Crippen molar-refractivity contribution < 1.29 is 18.4 Å². The number of nitrogens with one attached hydrogen (secondary N) is 1. The number of nitrogens with zero attached hydrogens (tertiary/aromatic N) is 1. The number of anilines is 1. The molecule has 0 bridgehead atoms. The smallest absolute Gasteiger partial charge is 0.306 e. The molecule has 1 heterocycles. The van der Waals surface area contributed by atoms with Gasteiger partial charge in [-0.15, -0.1) is 0 Å². The molecule has 0 amide bonds. The first-order valence-electron chi connectivity index (χ1n) is 6.21. The quantitative estimate of drug-likeness (QED) is 0.812. The van der Waals surface area contributed by atoms with Crippen molar-refractivity contribution in [3.05, 3.63) is 29.3 Å². The van der Waals surface area contributed by atoms with E-state index in [1.807, 2.05) is 12.5 Å². The van der Waals surface area contributed by atoms with Gasteiger partial charge in [0.15, 0.2) is 0 Å². The average Bonchev–Trinajstić information content (AvgIpc) is 2.38. The van der Waals surface area contributed by atoms with Gasteiger partial charge < -0.3 is 4.90 Å². The molecule has 6 heteroatoms. The number of hydrogen-bond donors (Lipinski definition) is 2. The summed E-state index contributed by atoms with van der Waals surface area (Å²) >= 11 is 0. The molecule has 19 heavy (non-hydrogen) atoms. The number of benzene rings is 1. The summed E-state index contributed by atoms with van der Waals surface area (Å²) in [5, 5.41) is 8.87. The van der Waals surface area contributed by atoms with E-state index < -0.39 is 11.7 Å². The molecule has 0 aromatic heterocycles. The van der Waals surface area contributed by atoms with Crippen molar-refractivity contribution in [3.63, 3.8) is 0 Å². The highest BCUT2D eigenvalue weighted by Gasteiger charge is 2.32. The summed E-state index contributed by atoms with van der Waals surface area (Å²) < 4.78 is 38.4. The van der Waals surface area contributed by atoms with E-state index in [9.17, 15) is 13.2 Å². The molecule has 1 aromatic rings. The van der Waals surface area contributed by atoms with E-state index in [0.29, 0.717) is 5.56 Å². The molecule has 1 aliphatic rings. The Morgan fingerprint density at radius 3 is 2.37 bits per heavy atom. The van der Waals surface area contributed by atoms with Gasteiger partial charge in [0.1, 0.15) is 0 Å². The van der Waals surface area contributed by atoms with Crippen molar-refractivity contribution in [1.82, 2.24) is 4.90 Å². The van der Waals surface area contributed by atoms with Crippen LogP contribution in [0.15, 0.2) is 18.2 Å². The second-order valence-electron chi connectivity index (χ2n) is 5.03. The molecular weight excluding hydrogens is 257 g/mol. The predicted octanol–water partition coefficient (Wildman–Crippen LogP) is 3.32. The Kier molecular flexibility index (Phi) is 4.01. The molecule has 1 aliphatic heterocycles. The van der Waals surface area contributed by atoms with Gasteiger partial charge in [0.25, 0.3) is 0 Å². The Morgan fingerprint density at radius 1 is 1.21 bits per heavy atom. The lowest BCUT2D eigenvalue weighted by molar-refractivity contribution is -0.137. The first kappa shape index (κ1) is 14.1. The van der Waals surface area contributed by atoms with Crippen LogP contribution in [-0.4, -0.2) is 30.2 Å². The minimum Gasteiger partial charge on any atom is -0.306 e. The fraction of sp³-hybridized carbons (Fsp3) is 0.538. The van der Waals surface area contributed by atoms with E-state index in [2.05, 4.69) is 4.90 Å². The van der Waals surface area contributed by atoms with Gasteiger partial charge in [-0.05, 0) is 62.7 Å². The highest BCUT2D eigenvalue weighted by Crippen LogP contribution is 2.36. The topological polar surface area (TPSA) is 35.5 Å². The van der Waals surface area contributed by atoms with Crippen LogP contribution < -0.4 is 5.48 Å². The number of halogens is 3. The zero-order valence-corrected chi connectivity index (χ0v) is 10.7. The Balaban J connectivity index is 2.29. The maximum atomic E-state index is 12.8. The molecule has 2 rings (SSSR count). The zero-order valence-electron chi connectivity index (χ0n) is 10.7. The molecule has 1 saturated heterocycles.